The Bertz CT molecular complexity index is 440. The Morgan fingerprint density at radius 3 is 3.10 bits per heavy atom. The van der Waals surface area contributed by atoms with E-state index in [0.717, 1.165) is 36.4 Å². The highest BCUT2D eigenvalue weighted by atomic mass is 79.9. The molecule has 2 aliphatic rings. The van der Waals surface area contributed by atoms with Crippen molar-refractivity contribution in [3.63, 3.8) is 0 Å². The number of aromatic nitrogens is 1. The molecule has 5 nitrogen and oxygen atoms in total. The van der Waals surface area contributed by atoms with Crippen molar-refractivity contribution >= 4 is 15.9 Å². The van der Waals surface area contributed by atoms with E-state index in [1.54, 1.807) is 0 Å². The summed E-state index contributed by atoms with van der Waals surface area (Å²) < 4.78 is 11.5. The molecule has 1 aliphatic carbocycles. The highest BCUT2D eigenvalue weighted by molar-refractivity contribution is 9.10. The Hall–Kier alpha value is -0.430. The standard InChI is InChI=1S/C14H22BrN3O2/c1-19-10-5-6-18(9-10)13-4-2-3-12(13)16-8-11-7-14(15)17-20-11/h7,10,12-13,16H,2-6,8-9H2,1H3/t10?,12-,13+/m1/s1. The maximum absolute atomic E-state index is 5.48. The first kappa shape index (κ1) is 14.5. The molecule has 20 heavy (non-hydrogen) atoms. The van der Waals surface area contributed by atoms with Gasteiger partial charge in [0.2, 0.25) is 0 Å². The summed E-state index contributed by atoms with van der Waals surface area (Å²) in [6, 6.07) is 3.12. The summed E-state index contributed by atoms with van der Waals surface area (Å²) in [6.45, 7) is 2.99. The SMILES string of the molecule is COC1CCN([C@H]2CCC[C@H]2NCc2cc(Br)no2)C1. The first-order valence-corrected chi connectivity index (χ1v) is 8.17. The zero-order valence-electron chi connectivity index (χ0n) is 11.8. The van der Waals surface area contributed by atoms with Gasteiger partial charge in [0, 0.05) is 38.3 Å². The summed E-state index contributed by atoms with van der Waals surface area (Å²) in [5.41, 5.74) is 0. The fourth-order valence-electron chi connectivity index (χ4n) is 3.47. The highest BCUT2D eigenvalue weighted by Gasteiger charge is 2.35. The van der Waals surface area contributed by atoms with Crippen LogP contribution in [0.4, 0.5) is 0 Å². The Morgan fingerprint density at radius 2 is 2.40 bits per heavy atom. The number of hydrogen-bond acceptors (Lipinski definition) is 5. The second-order valence-electron chi connectivity index (χ2n) is 5.74. The van der Waals surface area contributed by atoms with Crippen LogP contribution in [0.3, 0.4) is 0 Å². The molecule has 1 saturated heterocycles. The number of hydrogen-bond donors (Lipinski definition) is 1. The van der Waals surface area contributed by atoms with Crippen molar-refractivity contribution in [2.75, 3.05) is 20.2 Å². The minimum absolute atomic E-state index is 0.418. The number of nitrogens with zero attached hydrogens (tertiary/aromatic N) is 2. The Kier molecular flexibility index (Phi) is 4.75. The van der Waals surface area contributed by atoms with Crippen LogP contribution in [0.25, 0.3) is 0 Å². The van der Waals surface area contributed by atoms with E-state index < -0.39 is 0 Å². The van der Waals surface area contributed by atoms with E-state index in [2.05, 4.69) is 31.3 Å². The van der Waals surface area contributed by atoms with Crippen LogP contribution in [-0.2, 0) is 11.3 Å². The first-order chi connectivity index (χ1) is 9.76. The summed E-state index contributed by atoms with van der Waals surface area (Å²) in [7, 11) is 1.82. The van der Waals surface area contributed by atoms with E-state index in [1.807, 2.05) is 13.2 Å². The number of ether oxygens (including phenoxy) is 1. The van der Waals surface area contributed by atoms with E-state index in [0.29, 0.717) is 18.2 Å². The predicted octanol–water partition coefficient (Wildman–Crippen LogP) is 2.17. The van der Waals surface area contributed by atoms with Gasteiger partial charge < -0.3 is 14.6 Å². The number of nitrogens with one attached hydrogen (secondary N) is 1. The maximum atomic E-state index is 5.48. The lowest BCUT2D eigenvalue weighted by Crippen LogP contribution is -2.46. The van der Waals surface area contributed by atoms with Gasteiger partial charge in [-0.15, -0.1) is 0 Å². The van der Waals surface area contributed by atoms with Crippen LogP contribution in [0.1, 0.15) is 31.4 Å². The molecule has 1 N–H and O–H groups in total. The quantitative estimate of drug-likeness (QED) is 0.887. The molecule has 1 saturated carbocycles. The van der Waals surface area contributed by atoms with Crippen molar-refractivity contribution in [1.82, 2.24) is 15.4 Å². The lowest BCUT2D eigenvalue weighted by atomic mass is 10.1. The van der Waals surface area contributed by atoms with E-state index in [9.17, 15) is 0 Å². The number of likely N-dealkylation sites (tertiary alicyclic amines) is 1. The molecule has 1 unspecified atom stereocenters. The molecular weight excluding hydrogens is 322 g/mol. The molecule has 0 amide bonds. The van der Waals surface area contributed by atoms with Gasteiger partial charge in [-0.2, -0.15) is 0 Å². The lowest BCUT2D eigenvalue weighted by molar-refractivity contribution is 0.0978. The van der Waals surface area contributed by atoms with Gasteiger partial charge in [0.05, 0.1) is 12.6 Å². The molecule has 6 heteroatoms. The van der Waals surface area contributed by atoms with Crippen LogP contribution in [0.5, 0.6) is 0 Å². The predicted molar refractivity (Wildman–Crippen MR) is 79.5 cm³/mol. The molecule has 1 aromatic heterocycles. The third kappa shape index (κ3) is 3.24. The van der Waals surface area contributed by atoms with Gasteiger partial charge in [-0.3, -0.25) is 4.90 Å². The van der Waals surface area contributed by atoms with Crippen molar-refractivity contribution in [2.24, 2.45) is 0 Å². The smallest absolute Gasteiger partial charge is 0.151 e. The molecular formula is C14H22BrN3O2. The lowest BCUT2D eigenvalue weighted by Gasteiger charge is -2.29. The molecule has 2 heterocycles. The van der Waals surface area contributed by atoms with Gasteiger partial charge in [0.1, 0.15) is 4.60 Å². The molecule has 0 aromatic carbocycles. The summed E-state index contributed by atoms with van der Waals surface area (Å²) in [5.74, 6) is 0.888. The Morgan fingerprint density at radius 1 is 1.50 bits per heavy atom. The summed E-state index contributed by atoms with van der Waals surface area (Å²) >= 11 is 3.31. The first-order valence-electron chi connectivity index (χ1n) is 7.37. The Labute approximate surface area is 128 Å². The molecule has 0 bridgehead atoms. The third-order valence-corrected chi connectivity index (χ3v) is 4.90. The monoisotopic (exact) mass is 343 g/mol. The Balaban J connectivity index is 1.53. The van der Waals surface area contributed by atoms with Crippen molar-refractivity contribution in [3.05, 3.63) is 16.4 Å². The average Bonchev–Trinajstić information content (AvgIpc) is 3.16. The summed E-state index contributed by atoms with van der Waals surface area (Å²) in [6.07, 6.45) is 5.41. The van der Waals surface area contributed by atoms with Crippen LogP contribution >= 0.6 is 15.9 Å². The van der Waals surface area contributed by atoms with Crippen molar-refractivity contribution in [2.45, 2.75) is 50.4 Å². The molecule has 112 valence electrons. The molecule has 3 atom stereocenters. The number of rotatable bonds is 5. The molecule has 3 rings (SSSR count). The zero-order valence-corrected chi connectivity index (χ0v) is 13.4. The van der Waals surface area contributed by atoms with E-state index >= 15 is 0 Å². The highest BCUT2D eigenvalue weighted by Crippen LogP contribution is 2.28. The number of halogens is 1. The van der Waals surface area contributed by atoms with Gasteiger partial charge in [-0.05, 0) is 35.2 Å². The van der Waals surface area contributed by atoms with Crippen LogP contribution in [0, 0.1) is 0 Å². The molecule has 1 aliphatic heterocycles. The van der Waals surface area contributed by atoms with Gasteiger partial charge in [-0.1, -0.05) is 11.6 Å². The van der Waals surface area contributed by atoms with Gasteiger partial charge >= 0.3 is 0 Å². The van der Waals surface area contributed by atoms with Crippen molar-refractivity contribution < 1.29 is 9.26 Å². The topological polar surface area (TPSA) is 50.5 Å². The van der Waals surface area contributed by atoms with Crippen LogP contribution in [-0.4, -0.2) is 48.4 Å². The van der Waals surface area contributed by atoms with Crippen LogP contribution in [0.2, 0.25) is 0 Å². The third-order valence-electron chi connectivity index (χ3n) is 4.53. The van der Waals surface area contributed by atoms with Gasteiger partial charge in [0.25, 0.3) is 0 Å². The molecule has 2 fully saturated rings. The zero-order chi connectivity index (χ0) is 13.9. The molecule has 0 spiro atoms. The molecule has 0 radical (unpaired) electrons. The second-order valence-corrected chi connectivity index (χ2v) is 6.56. The maximum Gasteiger partial charge on any atom is 0.151 e. The number of methoxy groups -OCH3 is 1. The summed E-state index contributed by atoms with van der Waals surface area (Å²) in [5, 5.41) is 7.49. The van der Waals surface area contributed by atoms with E-state index in [4.69, 9.17) is 9.26 Å². The van der Waals surface area contributed by atoms with Crippen LogP contribution < -0.4 is 5.32 Å². The van der Waals surface area contributed by atoms with Crippen molar-refractivity contribution in [3.8, 4) is 0 Å². The average molecular weight is 344 g/mol. The fraction of sp³-hybridized carbons (Fsp3) is 0.786. The second kappa shape index (κ2) is 6.56. The van der Waals surface area contributed by atoms with Crippen LogP contribution in [0.15, 0.2) is 15.2 Å². The van der Waals surface area contributed by atoms with Gasteiger partial charge in [0.15, 0.2) is 5.76 Å². The van der Waals surface area contributed by atoms with Gasteiger partial charge in [-0.25, -0.2) is 0 Å². The minimum Gasteiger partial charge on any atom is -0.380 e. The fourth-order valence-corrected chi connectivity index (χ4v) is 3.79. The largest absolute Gasteiger partial charge is 0.380 e. The van der Waals surface area contributed by atoms with E-state index in [1.165, 1.54) is 19.3 Å². The normalized spacial score (nSPS) is 31.2. The van der Waals surface area contributed by atoms with E-state index in [-0.39, 0.29) is 0 Å². The van der Waals surface area contributed by atoms with Crippen molar-refractivity contribution in [1.29, 1.82) is 0 Å². The summed E-state index contributed by atoms with van der Waals surface area (Å²) in [4.78, 5) is 2.59. The minimum atomic E-state index is 0.418. The molecule has 1 aromatic rings.